The van der Waals surface area contributed by atoms with E-state index in [1.54, 1.807) is 6.92 Å². The van der Waals surface area contributed by atoms with E-state index in [0.717, 1.165) is 24.8 Å². The van der Waals surface area contributed by atoms with Crippen LogP contribution in [0.5, 0.6) is 5.75 Å². The highest BCUT2D eigenvalue weighted by Crippen LogP contribution is 2.31. The van der Waals surface area contributed by atoms with E-state index in [2.05, 4.69) is 20.9 Å². The second kappa shape index (κ2) is 12.1. The predicted molar refractivity (Wildman–Crippen MR) is 138 cm³/mol. The average molecular weight is 523 g/mol. The van der Waals surface area contributed by atoms with Crippen LogP contribution in [0.4, 0.5) is 0 Å². The number of aromatic hydroxyl groups is 1. The van der Waals surface area contributed by atoms with Gasteiger partial charge in [0, 0.05) is 18.2 Å². The Morgan fingerprint density at radius 3 is 2.45 bits per heavy atom. The number of carbonyl (C=O) groups excluding carboxylic acids is 4. The topological polar surface area (TPSA) is 147 Å². The molecule has 1 saturated carbocycles. The summed E-state index contributed by atoms with van der Waals surface area (Å²) in [7, 11) is 0. The van der Waals surface area contributed by atoms with Gasteiger partial charge in [-0.1, -0.05) is 43.7 Å². The lowest BCUT2D eigenvalue weighted by molar-refractivity contribution is -0.158. The highest BCUT2D eigenvalue weighted by Gasteiger charge is 2.40. The number of nitrogens with zero attached hydrogens (tertiary/aromatic N) is 1. The second-order valence-electron chi connectivity index (χ2n) is 10.2. The van der Waals surface area contributed by atoms with Gasteiger partial charge in [-0.15, -0.1) is 0 Å². The third-order valence-corrected chi connectivity index (χ3v) is 7.27. The van der Waals surface area contributed by atoms with Crippen molar-refractivity contribution in [1.29, 1.82) is 0 Å². The van der Waals surface area contributed by atoms with E-state index >= 15 is 0 Å². The highest BCUT2D eigenvalue weighted by molar-refractivity contribution is 5.98. The van der Waals surface area contributed by atoms with E-state index in [-0.39, 0.29) is 23.3 Å². The normalized spacial score (nSPS) is 27.0. The first-order valence-electron chi connectivity index (χ1n) is 13.0. The Kier molecular flexibility index (Phi) is 8.60. The van der Waals surface area contributed by atoms with Crippen molar-refractivity contribution in [3.63, 3.8) is 0 Å². The van der Waals surface area contributed by atoms with Crippen molar-refractivity contribution in [2.75, 3.05) is 0 Å². The van der Waals surface area contributed by atoms with Crippen LogP contribution in [0.3, 0.4) is 0 Å². The zero-order valence-corrected chi connectivity index (χ0v) is 21.6. The Labute approximate surface area is 221 Å². The Morgan fingerprint density at radius 1 is 1.05 bits per heavy atom. The summed E-state index contributed by atoms with van der Waals surface area (Å²) in [4.78, 5) is 56.7. The Bertz CT molecular complexity index is 1170. The maximum Gasteiger partial charge on any atom is 0.329 e. The largest absolute Gasteiger partial charge is 0.505 e. The lowest BCUT2D eigenvalue weighted by Gasteiger charge is -2.36. The fourth-order valence-electron chi connectivity index (χ4n) is 4.86. The van der Waals surface area contributed by atoms with Gasteiger partial charge in [0.1, 0.15) is 23.9 Å². The molecule has 2 aromatic rings. The van der Waals surface area contributed by atoms with Crippen LogP contribution in [0.25, 0.3) is 0 Å². The van der Waals surface area contributed by atoms with Crippen LogP contribution in [-0.2, 0) is 25.5 Å². The first kappa shape index (κ1) is 27.1. The highest BCUT2D eigenvalue weighted by atomic mass is 16.5. The SMILES string of the molecule is C[C@@H]1C[C@H](Cc2ccccc2)NC(=O)[C@@H](NC(=O)c2ncccc2O)[C@@H](C)OC(=O)C(C2CCC2)NC1=O. The minimum atomic E-state index is -1.27. The third kappa shape index (κ3) is 6.48. The van der Waals surface area contributed by atoms with E-state index in [1.165, 1.54) is 25.3 Å². The summed E-state index contributed by atoms with van der Waals surface area (Å²) >= 11 is 0. The molecule has 202 valence electrons. The van der Waals surface area contributed by atoms with Crippen molar-refractivity contribution in [2.45, 2.75) is 70.2 Å². The number of hydrogen-bond acceptors (Lipinski definition) is 7. The van der Waals surface area contributed by atoms with Gasteiger partial charge in [0.05, 0.1) is 0 Å². The molecule has 1 aromatic carbocycles. The minimum Gasteiger partial charge on any atom is -0.505 e. The number of hydrogen-bond donors (Lipinski definition) is 4. The number of aromatic nitrogens is 1. The molecule has 3 amide bonds. The van der Waals surface area contributed by atoms with Crippen LogP contribution < -0.4 is 16.0 Å². The molecule has 1 aromatic heterocycles. The quantitative estimate of drug-likeness (QED) is 0.439. The fourth-order valence-corrected chi connectivity index (χ4v) is 4.86. The molecule has 1 aliphatic heterocycles. The van der Waals surface area contributed by atoms with Crippen molar-refractivity contribution in [3.8, 4) is 5.75 Å². The van der Waals surface area contributed by atoms with Crippen molar-refractivity contribution in [1.82, 2.24) is 20.9 Å². The van der Waals surface area contributed by atoms with Gasteiger partial charge in [0.2, 0.25) is 11.8 Å². The molecule has 4 rings (SSSR count). The molecule has 1 unspecified atom stereocenters. The van der Waals surface area contributed by atoms with Crippen molar-refractivity contribution >= 4 is 23.7 Å². The molecule has 5 atom stereocenters. The molecule has 0 spiro atoms. The van der Waals surface area contributed by atoms with Gasteiger partial charge in [-0.05, 0) is 56.2 Å². The second-order valence-corrected chi connectivity index (χ2v) is 10.2. The van der Waals surface area contributed by atoms with E-state index < -0.39 is 47.9 Å². The number of nitrogens with one attached hydrogen (secondary N) is 3. The monoisotopic (exact) mass is 522 g/mol. The van der Waals surface area contributed by atoms with Crippen molar-refractivity contribution < 1.29 is 29.0 Å². The maximum absolute atomic E-state index is 13.6. The molecule has 0 radical (unpaired) electrons. The molecular weight excluding hydrogens is 488 g/mol. The van der Waals surface area contributed by atoms with Crippen molar-refractivity contribution in [3.05, 3.63) is 59.9 Å². The fraction of sp³-hybridized carbons (Fsp3) is 0.464. The lowest BCUT2D eigenvalue weighted by Crippen LogP contribution is -2.58. The van der Waals surface area contributed by atoms with Crippen LogP contribution in [-0.4, -0.2) is 58.0 Å². The number of benzene rings is 1. The molecule has 2 aliphatic rings. The molecule has 38 heavy (non-hydrogen) atoms. The molecule has 2 heterocycles. The Hall–Kier alpha value is -3.95. The van der Waals surface area contributed by atoms with Crippen LogP contribution in [0.2, 0.25) is 0 Å². The summed E-state index contributed by atoms with van der Waals surface area (Å²) in [6.45, 7) is 3.28. The molecule has 4 N–H and O–H groups in total. The van der Waals surface area contributed by atoms with E-state index in [0.29, 0.717) is 12.8 Å². The van der Waals surface area contributed by atoms with Gasteiger partial charge in [-0.3, -0.25) is 14.4 Å². The van der Waals surface area contributed by atoms with Gasteiger partial charge < -0.3 is 25.8 Å². The summed E-state index contributed by atoms with van der Waals surface area (Å²) in [6.07, 6.45) is 3.62. The van der Waals surface area contributed by atoms with Crippen molar-refractivity contribution in [2.24, 2.45) is 11.8 Å². The molecule has 1 saturated heterocycles. The molecule has 10 nitrogen and oxygen atoms in total. The first-order chi connectivity index (χ1) is 18.2. The third-order valence-electron chi connectivity index (χ3n) is 7.27. The molecule has 1 aliphatic carbocycles. The standard InChI is InChI=1S/C28H34N4O6/c1-16-14-20(15-18-8-4-3-5-9-18)30-26(35)22(31-27(36)24-21(33)12-7-13-29-24)17(2)38-28(37)23(32-25(16)34)19-10-6-11-19/h3-5,7-9,12-13,16-17,19-20,22-23,33H,6,10-11,14-15H2,1-2H3,(H,30,35)(H,31,36)(H,32,34)/t16-,17-,20-,22+,23?/m1/s1. The van der Waals surface area contributed by atoms with Gasteiger partial charge in [-0.25, -0.2) is 9.78 Å². The van der Waals surface area contributed by atoms with Crippen LogP contribution in [0.1, 0.15) is 55.6 Å². The lowest BCUT2D eigenvalue weighted by atomic mass is 9.79. The zero-order valence-electron chi connectivity index (χ0n) is 21.6. The van der Waals surface area contributed by atoms with E-state index in [9.17, 15) is 24.3 Å². The number of rotatable bonds is 5. The smallest absolute Gasteiger partial charge is 0.329 e. The zero-order chi connectivity index (χ0) is 27.2. The number of esters is 1. The number of ether oxygens (including phenoxy) is 1. The molecule has 0 bridgehead atoms. The van der Waals surface area contributed by atoms with E-state index in [1.807, 2.05) is 30.3 Å². The molecule has 10 heteroatoms. The van der Waals surface area contributed by atoms with Crippen LogP contribution in [0.15, 0.2) is 48.7 Å². The first-order valence-corrected chi connectivity index (χ1v) is 13.0. The maximum atomic E-state index is 13.6. The Balaban J connectivity index is 1.63. The van der Waals surface area contributed by atoms with Gasteiger partial charge in [0.25, 0.3) is 5.91 Å². The molecule has 2 fully saturated rings. The van der Waals surface area contributed by atoms with Crippen LogP contribution in [0, 0.1) is 11.8 Å². The summed E-state index contributed by atoms with van der Waals surface area (Å²) in [6, 6.07) is 9.84. The summed E-state index contributed by atoms with van der Waals surface area (Å²) in [5.74, 6) is -3.13. The Morgan fingerprint density at radius 2 is 1.79 bits per heavy atom. The number of cyclic esters (lactones) is 1. The number of amides is 3. The minimum absolute atomic E-state index is 0.0405. The van der Waals surface area contributed by atoms with Gasteiger partial charge in [0.15, 0.2) is 5.69 Å². The van der Waals surface area contributed by atoms with E-state index in [4.69, 9.17) is 4.74 Å². The summed E-state index contributed by atoms with van der Waals surface area (Å²) in [5.41, 5.74) is 0.724. The summed E-state index contributed by atoms with van der Waals surface area (Å²) < 4.78 is 5.67. The van der Waals surface area contributed by atoms with Crippen LogP contribution >= 0.6 is 0 Å². The average Bonchev–Trinajstić information content (AvgIpc) is 2.85. The number of carbonyl (C=O) groups is 4. The van der Waals surface area contributed by atoms with Gasteiger partial charge >= 0.3 is 5.97 Å². The van der Waals surface area contributed by atoms with Gasteiger partial charge in [-0.2, -0.15) is 0 Å². The summed E-state index contributed by atoms with van der Waals surface area (Å²) in [5, 5.41) is 18.5. The molecular formula is C28H34N4O6. The number of pyridine rings is 1. The predicted octanol–water partition coefficient (Wildman–Crippen LogP) is 1.87.